The first kappa shape index (κ1) is 9.66. The van der Waals surface area contributed by atoms with Gasteiger partial charge in [-0.3, -0.25) is 0 Å². The molecule has 0 radical (unpaired) electrons. The van der Waals surface area contributed by atoms with Gasteiger partial charge in [-0.05, 0) is 23.1 Å². The Bertz CT molecular complexity index is 388. The first-order chi connectivity index (χ1) is 6.47. The van der Waals surface area contributed by atoms with Crippen LogP contribution in [0.1, 0.15) is 26.3 Å². The van der Waals surface area contributed by atoms with E-state index < -0.39 is 0 Å². The van der Waals surface area contributed by atoms with Crippen LogP contribution >= 0.6 is 11.8 Å². The van der Waals surface area contributed by atoms with E-state index in [9.17, 15) is 0 Å². The topological polar surface area (TPSA) is 12.0 Å². The summed E-state index contributed by atoms with van der Waals surface area (Å²) in [7, 11) is 0. The van der Waals surface area contributed by atoms with Crippen molar-refractivity contribution in [1.29, 1.82) is 0 Å². The first-order valence-electron chi connectivity index (χ1n) is 4.75. The second-order valence-corrected chi connectivity index (χ2v) is 5.75. The molecular formula is C12H15NS. The Balaban J connectivity index is 2.43. The van der Waals surface area contributed by atoms with Gasteiger partial charge in [-0.15, -0.1) is 0 Å². The maximum atomic E-state index is 3.91. The van der Waals surface area contributed by atoms with Crippen molar-refractivity contribution in [2.45, 2.75) is 31.1 Å². The molecular weight excluding hydrogens is 190 g/mol. The van der Waals surface area contributed by atoms with Crippen molar-refractivity contribution in [3.8, 4) is 0 Å². The number of benzene rings is 1. The van der Waals surface area contributed by atoms with Crippen molar-refractivity contribution in [2.24, 2.45) is 0 Å². The fourth-order valence-corrected chi connectivity index (χ4v) is 2.33. The SMILES string of the molecule is C=C1Nc2ccc(C(C)(C)C)cc2S1. The molecule has 14 heavy (non-hydrogen) atoms. The molecule has 0 fully saturated rings. The molecule has 0 saturated heterocycles. The molecule has 0 unspecified atom stereocenters. The van der Waals surface area contributed by atoms with E-state index in [2.05, 4.69) is 50.9 Å². The van der Waals surface area contributed by atoms with Gasteiger partial charge in [-0.2, -0.15) is 0 Å². The Hall–Kier alpha value is -0.890. The van der Waals surface area contributed by atoms with E-state index >= 15 is 0 Å². The zero-order valence-electron chi connectivity index (χ0n) is 8.85. The van der Waals surface area contributed by atoms with E-state index in [-0.39, 0.29) is 5.41 Å². The van der Waals surface area contributed by atoms with Gasteiger partial charge in [0.15, 0.2) is 0 Å². The van der Waals surface area contributed by atoms with Crippen molar-refractivity contribution in [3.63, 3.8) is 0 Å². The summed E-state index contributed by atoms with van der Waals surface area (Å²) in [6.07, 6.45) is 0. The average Bonchev–Trinajstić information content (AvgIpc) is 2.41. The van der Waals surface area contributed by atoms with Gasteiger partial charge in [-0.25, -0.2) is 0 Å². The van der Waals surface area contributed by atoms with Gasteiger partial charge in [0.1, 0.15) is 0 Å². The van der Waals surface area contributed by atoms with Crippen LogP contribution in [0.25, 0.3) is 0 Å². The second-order valence-electron chi connectivity index (χ2n) is 4.61. The number of nitrogens with one attached hydrogen (secondary N) is 1. The Morgan fingerprint density at radius 1 is 1.29 bits per heavy atom. The molecule has 0 bridgehead atoms. The highest BCUT2D eigenvalue weighted by Gasteiger charge is 2.19. The number of anilines is 1. The number of hydrogen-bond acceptors (Lipinski definition) is 2. The van der Waals surface area contributed by atoms with Crippen LogP contribution in [0.4, 0.5) is 5.69 Å². The van der Waals surface area contributed by atoms with E-state index in [1.807, 2.05) is 0 Å². The third-order valence-corrected chi connectivity index (χ3v) is 3.26. The quantitative estimate of drug-likeness (QED) is 0.687. The Labute approximate surface area is 89.6 Å². The van der Waals surface area contributed by atoms with E-state index in [1.54, 1.807) is 11.8 Å². The largest absolute Gasteiger partial charge is 0.350 e. The standard InChI is InChI=1S/C12H15NS/c1-8-13-10-6-5-9(12(2,3)4)7-11(10)14-8/h5-7,13H,1H2,2-4H3. The van der Waals surface area contributed by atoms with E-state index in [4.69, 9.17) is 0 Å². The highest BCUT2D eigenvalue weighted by Crippen LogP contribution is 2.41. The molecule has 0 saturated carbocycles. The van der Waals surface area contributed by atoms with Crippen molar-refractivity contribution in [3.05, 3.63) is 35.4 Å². The lowest BCUT2D eigenvalue weighted by molar-refractivity contribution is 0.589. The van der Waals surface area contributed by atoms with Gasteiger partial charge in [0, 0.05) is 4.90 Å². The summed E-state index contributed by atoms with van der Waals surface area (Å²) in [6.45, 7) is 10.6. The van der Waals surface area contributed by atoms with Gasteiger partial charge >= 0.3 is 0 Å². The maximum Gasteiger partial charge on any atom is 0.0701 e. The molecule has 0 aromatic heterocycles. The number of rotatable bonds is 0. The summed E-state index contributed by atoms with van der Waals surface area (Å²) in [6, 6.07) is 6.58. The Kier molecular flexibility index (Phi) is 2.11. The molecule has 0 amide bonds. The second kappa shape index (κ2) is 3.06. The van der Waals surface area contributed by atoms with Crippen LogP contribution in [-0.2, 0) is 5.41 Å². The summed E-state index contributed by atoms with van der Waals surface area (Å²) in [5.41, 5.74) is 2.78. The molecule has 1 N–H and O–H groups in total. The molecule has 1 aliphatic rings. The first-order valence-corrected chi connectivity index (χ1v) is 5.57. The monoisotopic (exact) mass is 205 g/mol. The minimum atomic E-state index is 0.222. The fourth-order valence-electron chi connectivity index (χ4n) is 1.49. The zero-order valence-corrected chi connectivity index (χ0v) is 9.66. The van der Waals surface area contributed by atoms with Crippen LogP contribution in [0.5, 0.6) is 0 Å². The lowest BCUT2D eigenvalue weighted by atomic mass is 9.87. The van der Waals surface area contributed by atoms with Crippen molar-refractivity contribution >= 4 is 17.4 Å². The number of hydrogen-bond donors (Lipinski definition) is 1. The molecule has 1 aromatic rings. The summed E-state index contributed by atoms with van der Waals surface area (Å²) in [5.74, 6) is 0. The Morgan fingerprint density at radius 2 is 2.00 bits per heavy atom. The van der Waals surface area contributed by atoms with Gasteiger partial charge < -0.3 is 5.32 Å². The average molecular weight is 205 g/mol. The van der Waals surface area contributed by atoms with E-state index in [0.29, 0.717) is 0 Å². The van der Waals surface area contributed by atoms with Crippen LogP contribution in [0.3, 0.4) is 0 Å². The molecule has 2 rings (SSSR count). The summed E-state index contributed by atoms with van der Waals surface area (Å²) < 4.78 is 0. The molecule has 0 aliphatic carbocycles. The molecule has 0 atom stereocenters. The van der Waals surface area contributed by atoms with Gasteiger partial charge in [0.05, 0.1) is 10.7 Å². The van der Waals surface area contributed by atoms with Gasteiger partial charge in [0.2, 0.25) is 0 Å². The molecule has 0 spiro atoms. The summed E-state index contributed by atoms with van der Waals surface area (Å²) in [4.78, 5) is 1.29. The highest BCUT2D eigenvalue weighted by molar-refractivity contribution is 8.03. The third kappa shape index (κ3) is 1.67. The van der Waals surface area contributed by atoms with Crippen LogP contribution < -0.4 is 5.32 Å². The predicted molar refractivity (Wildman–Crippen MR) is 63.8 cm³/mol. The molecule has 1 aromatic carbocycles. The molecule has 2 heteroatoms. The smallest absolute Gasteiger partial charge is 0.0701 e. The van der Waals surface area contributed by atoms with Crippen LogP contribution in [0.2, 0.25) is 0 Å². The van der Waals surface area contributed by atoms with Crippen LogP contribution in [0.15, 0.2) is 34.7 Å². The van der Waals surface area contributed by atoms with Gasteiger partial charge in [0.25, 0.3) is 0 Å². The summed E-state index contributed by atoms with van der Waals surface area (Å²) in [5, 5.41) is 4.26. The van der Waals surface area contributed by atoms with E-state index in [1.165, 1.54) is 16.1 Å². The molecule has 74 valence electrons. The molecule has 1 aliphatic heterocycles. The Morgan fingerprint density at radius 3 is 2.64 bits per heavy atom. The molecule has 1 heterocycles. The van der Waals surface area contributed by atoms with Crippen LogP contribution in [-0.4, -0.2) is 0 Å². The molecule has 1 nitrogen and oxygen atoms in total. The normalized spacial score (nSPS) is 15.2. The maximum absolute atomic E-state index is 3.91. The van der Waals surface area contributed by atoms with Crippen molar-refractivity contribution in [1.82, 2.24) is 0 Å². The summed E-state index contributed by atoms with van der Waals surface area (Å²) >= 11 is 1.72. The minimum Gasteiger partial charge on any atom is -0.350 e. The van der Waals surface area contributed by atoms with E-state index in [0.717, 1.165) is 5.03 Å². The van der Waals surface area contributed by atoms with Crippen molar-refractivity contribution in [2.75, 3.05) is 5.32 Å². The van der Waals surface area contributed by atoms with Crippen LogP contribution in [0, 0.1) is 0 Å². The fraction of sp³-hybridized carbons (Fsp3) is 0.333. The lowest BCUT2D eigenvalue weighted by Crippen LogP contribution is -2.10. The van der Waals surface area contributed by atoms with Crippen molar-refractivity contribution < 1.29 is 0 Å². The zero-order chi connectivity index (χ0) is 10.3. The third-order valence-electron chi connectivity index (χ3n) is 2.35. The number of fused-ring (bicyclic) bond motifs is 1. The van der Waals surface area contributed by atoms with Gasteiger partial charge in [-0.1, -0.05) is 45.2 Å². The number of thioether (sulfide) groups is 1. The predicted octanol–water partition coefficient (Wildman–Crippen LogP) is 3.97. The minimum absolute atomic E-state index is 0.222. The lowest BCUT2D eigenvalue weighted by Gasteiger charge is -2.19. The highest BCUT2D eigenvalue weighted by atomic mass is 32.2.